The van der Waals surface area contributed by atoms with Crippen molar-refractivity contribution >= 4 is 11.6 Å². The van der Waals surface area contributed by atoms with E-state index in [1.807, 2.05) is 24.3 Å². The van der Waals surface area contributed by atoms with Crippen molar-refractivity contribution in [1.82, 2.24) is 0 Å². The Morgan fingerprint density at radius 1 is 1.19 bits per heavy atom. The first-order chi connectivity index (χ1) is 10.2. The largest absolute Gasteiger partial charge is 0.326 e. The average Bonchev–Trinajstić information content (AvgIpc) is 3.32. The van der Waals surface area contributed by atoms with Crippen LogP contribution in [0.15, 0.2) is 24.3 Å². The van der Waals surface area contributed by atoms with Crippen molar-refractivity contribution < 1.29 is 4.79 Å². The Morgan fingerprint density at radius 3 is 2.19 bits per heavy atom. The number of carbonyl (C=O) groups is 1. The highest BCUT2D eigenvalue weighted by Crippen LogP contribution is 2.34. The molecular weight excluding hydrogens is 260 g/mol. The number of benzene rings is 1. The molecule has 2 N–H and O–H groups in total. The van der Waals surface area contributed by atoms with Crippen LogP contribution in [-0.2, 0) is 11.3 Å². The van der Waals surface area contributed by atoms with Crippen LogP contribution in [0.2, 0.25) is 0 Å². The molecule has 0 saturated heterocycles. The van der Waals surface area contributed by atoms with Crippen LogP contribution in [0.4, 0.5) is 5.69 Å². The molecule has 0 bridgehead atoms. The van der Waals surface area contributed by atoms with Crippen LogP contribution in [0.25, 0.3) is 0 Å². The summed E-state index contributed by atoms with van der Waals surface area (Å²) in [6, 6.07) is 8.58. The molecule has 1 amide bonds. The Labute approximate surface area is 128 Å². The van der Waals surface area contributed by atoms with Gasteiger partial charge in [-0.05, 0) is 43.4 Å². The summed E-state index contributed by atoms with van der Waals surface area (Å²) in [5, 5.41) is 0. The standard InChI is InChI=1S/C18H28N2O/c1-3-5-15(6-4-2)18(21)20(17-11-12-17)16-9-7-14(13-19)8-10-16/h7-10,15,17H,3-6,11-13,19H2,1-2H3. The van der Waals surface area contributed by atoms with Gasteiger partial charge >= 0.3 is 0 Å². The van der Waals surface area contributed by atoms with Crippen LogP contribution in [-0.4, -0.2) is 11.9 Å². The molecule has 0 spiro atoms. The van der Waals surface area contributed by atoms with Crippen LogP contribution in [0, 0.1) is 5.92 Å². The molecule has 1 aromatic carbocycles. The van der Waals surface area contributed by atoms with Crippen molar-refractivity contribution in [3.8, 4) is 0 Å². The van der Waals surface area contributed by atoms with E-state index in [0.29, 0.717) is 18.5 Å². The molecule has 3 nitrogen and oxygen atoms in total. The lowest BCUT2D eigenvalue weighted by Crippen LogP contribution is -2.38. The van der Waals surface area contributed by atoms with Gasteiger partial charge in [0.15, 0.2) is 0 Å². The van der Waals surface area contributed by atoms with E-state index in [0.717, 1.165) is 49.8 Å². The van der Waals surface area contributed by atoms with Gasteiger partial charge < -0.3 is 10.6 Å². The van der Waals surface area contributed by atoms with E-state index in [9.17, 15) is 4.79 Å². The summed E-state index contributed by atoms with van der Waals surface area (Å²) in [6.45, 7) is 4.87. The molecule has 0 aliphatic heterocycles. The first kappa shape index (κ1) is 16.0. The zero-order chi connectivity index (χ0) is 15.2. The molecule has 1 aliphatic rings. The normalized spacial score (nSPS) is 14.5. The van der Waals surface area contributed by atoms with Crippen molar-refractivity contribution in [3.05, 3.63) is 29.8 Å². The van der Waals surface area contributed by atoms with Gasteiger partial charge in [0.25, 0.3) is 0 Å². The number of nitrogens with zero attached hydrogens (tertiary/aromatic N) is 1. The lowest BCUT2D eigenvalue weighted by molar-refractivity contribution is -0.123. The molecule has 0 atom stereocenters. The number of amides is 1. The Bertz CT molecular complexity index is 445. The fraction of sp³-hybridized carbons (Fsp3) is 0.611. The second kappa shape index (κ2) is 7.60. The van der Waals surface area contributed by atoms with Gasteiger partial charge in [0.2, 0.25) is 5.91 Å². The molecule has 116 valence electrons. The number of nitrogens with two attached hydrogens (primary N) is 1. The molecule has 0 unspecified atom stereocenters. The maximum Gasteiger partial charge on any atom is 0.230 e. The van der Waals surface area contributed by atoms with Crippen LogP contribution < -0.4 is 10.6 Å². The summed E-state index contributed by atoms with van der Waals surface area (Å²) in [5.74, 6) is 0.497. The van der Waals surface area contributed by atoms with Gasteiger partial charge in [-0.3, -0.25) is 4.79 Å². The van der Waals surface area contributed by atoms with Crippen LogP contribution in [0.5, 0.6) is 0 Å². The second-order valence-corrected chi connectivity index (χ2v) is 6.08. The van der Waals surface area contributed by atoms with Gasteiger partial charge in [-0.2, -0.15) is 0 Å². The SMILES string of the molecule is CCCC(CCC)C(=O)N(c1ccc(CN)cc1)C1CC1. The third-order valence-electron chi connectivity index (χ3n) is 4.22. The average molecular weight is 288 g/mol. The molecule has 21 heavy (non-hydrogen) atoms. The molecule has 0 heterocycles. The van der Waals surface area contributed by atoms with E-state index in [-0.39, 0.29) is 5.92 Å². The summed E-state index contributed by atoms with van der Waals surface area (Å²) >= 11 is 0. The van der Waals surface area contributed by atoms with E-state index in [2.05, 4.69) is 18.7 Å². The zero-order valence-corrected chi connectivity index (χ0v) is 13.3. The Kier molecular flexibility index (Phi) is 5.80. The van der Waals surface area contributed by atoms with Crippen molar-refractivity contribution in [2.45, 2.75) is 65.0 Å². The summed E-state index contributed by atoms with van der Waals surface area (Å²) in [4.78, 5) is 15.0. The Balaban J connectivity index is 2.18. The van der Waals surface area contributed by atoms with E-state index < -0.39 is 0 Å². The van der Waals surface area contributed by atoms with Crippen molar-refractivity contribution in [3.63, 3.8) is 0 Å². The van der Waals surface area contributed by atoms with Crippen LogP contribution in [0.1, 0.15) is 57.9 Å². The predicted molar refractivity (Wildman–Crippen MR) is 88.1 cm³/mol. The number of carbonyl (C=O) groups excluding carboxylic acids is 1. The molecule has 2 rings (SSSR count). The lowest BCUT2D eigenvalue weighted by atomic mass is 9.96. The number of anilines is 1. The van der Waals surface area contributed by atoms with Crippen molar-refractivity contribution in [2.24, 2.45) is 11.7 Å². The van der Waals surface area contributed by atoms with Gasteiger partial charge in [-0.15, -0.1) is 0 Å². The molecule has 1 aromatic rings. The van der Waals surface area contributed by atoms with Gasteiger partial charge in [0, 0.05) is 24.2 Å². The summed E-state index contributed by atoms with van der Waals surface area (Å²) < 4.78 is 0. The number of hydrogen-bond donors (Lipinski definition) is 1. The lowest BCUT2D eigenvalue weighted by Gasteiger charge is -2.27. The minimum atomic E-state index is 0.176. The van der Waals surface area contributed by atoms with E-state index in [1.54, 1.807) is 0 Å². The van der Waals surface area contributed by atoms with Gasteiger partial charge in [-0.25, -0.2) is 0 Å². The second-order valence-electron chi connectivity index (χ2n) is 6.08. The molecule has 1 fully saturated rings. The fourth-order valence-electron chi connectivity index (χ4n) is 2.93. The Hall–Kier alpha value is -1.35. The number of hydrogen-bond acceptors (Lipinski definition) is 2. The predicted octanol–water partition coefficient (Wildman–Crippen LogP) is 3.86. The molecule has 1 aliphatic carbocycles. The highest BCUT2D eigenvalue weighted by atomic mass is 16.2. The monoisotopic (exact) mass is 288 g/mol. The molecular formula is C18H28N2O. The molecule has 0 aromatic heterocycles. The summed E-state index contributed by atoms with van der Waals surface area (Å²) in [6.07, 6.45) is 6.40. The number of rotatable bonds is 8. The van der Waals surface area contributed by atoms with Crippen molar-refractivity contribution in [2.75, 3.05) is 4.90 Å². The Morgan fingerprint density at radius 2 is 1.76 bits per heavy atom. The van der Waals surface area contributed by atoms with E-state index >= 15 is 0 Å². The van der Waals surface area contributed by atoms with E-state index in [4.69, 9.17) is 5.73 Å². The van der Waals surface area contributed by atoms with Crippen LogP contribution >= 0.6 is 0 Å². The maximum atomic E-state index is 13.0. The highest BCUT2D eigenvalue weighted by Gasteiger charge is 2.36. The topological polar surface area (TPSA) is 46.3 Å². The smallest absolute Gasteiger partial charge is 0.230 e. The third-order valence-corrected chi connectivity index (χ3v) is 4.22. The maximum absolute atomic E-state index is 13.0. The minimum Gasteiger partial charge on any atom is -0.326 e. The van der Waals surface area contributed by atoms with Gasteiger partial charge in [0.1, 0.15) is 0 Å². The molecule has 3 heteroatoms. The minimum absolute atomic E-state index is 0.176. The quantitative estimate of drug-likeness (QED) is 0.789. The molecule has 1 saturated carbocycles. The van der Waals surface area contributed by atoms with E-state index in [1.165, 1.54) is 0 Å². The molecule has 0 radical (unpaired) electrons. The van der Waals surface area contributed by atoms with Crippen LogP contribution in [0.3, 0.4) is 0 Å². The van der Waals surface area contributed by atoms with Gasteiger partial charge in [-0.1, -0.05) is 38.8 Å². The first-order valence-corrected chi connectivity index (χ1v) is 8.33. The zero-order valence-electron chi connectivity index (χ0n) is 13.3. The first-order valence-electron chi connectivity index (χ1n) is 8.33. The van der Waals surface area contributed by atoms with Gasteiger partial charge in [0.05, 0.1) is 0 Å². The third kappa shape index (κ3) is 4.07. The fourth-order valence-corrected chi connectivity index (χ4v) is 2.93. The highest BCUT2D eigenvalue weighted by molar-refractivity contribution is 5.96. The summed E-state index contributed by atoms with van der Waals surface area (Å²) in [5.41, 5.74) is 7.81. The van der Waals surface area contributed by atoms with Crippen molar-refractivity contribution in [1.29, 1.82) is 0 Å². The summed E-state index contributed by atoms with van der Waals surface area (Å²) in [7, 11) is 0.